The summed E-state index contributed by atoms with van der Waals surface area (Å²) in [7, 11) is 0. The Kier molecular flexibility index (Phi) is 6.32. The van der Waals surface area contributed by atoms with Gasteiger partial charge in [-0.25, -0.2) is 9.18 Å². The lowest BCUT2D eigenvalue weighted by atomic mass is 10.0. The number of nitrogens with one attached hydrogen (secondary N) is 1. The monoisotopic (exact) mass is 427 g/mol. The first-order valence-corrected chi connectivity index (χ1v) is 10.9. The fraction of sp³-hybridized carbons (Fsp3) is 0.458. The van der Waals surface area contributed by atoms with Gasteiger partial charge in [0.2, 0.25) is 0 Å². The van der Waals surface area contributed by atoms with Crippen molar-refractivity contribution >= 4 is 11.7 Å². The molecular formula is C24H30FN3O3. The number of urea groups is 1. The number of phenolic OH excluding ortho intramolecular Hbond substituents is 1. The normalized spacial score (nSPS) is 23.8. The molecule has 2 aromatic rings. The maximum atomic E-state index is 14.8. The summed E-state index contributed by atoms with van der Waals surface area (Å²) < 4.78 is 20.5. The molecular weight excluding hydrogens is 397 g/mol. The number of anilines is 1. The highest BCUT2D eigenvalue weighted by molar-refractivity contribution is 5.75. The quantitative estimate of drug-likeness (QED) is 0.768. The Bertz CT molecular complexity index is 911. The fourth-order valence-corrected chi connectivity index (χ4v) is 4.62. The van der Waals surface area contributed by atoms with Gasteiger partial charge in [0.1, 0.15) is 11.6 Å². The van der Waals surface area contributed by atoms with E-state index in [4.69, 9.17) is 4.74 Å². The van der Waals surface area contributed by atoms with E-state index in [0.717, 1.165) is 24.0 Å². The predicted octanol–water partition coefficient (Wildman–Crippen LogP) is 4.19. The van der Waals surface area contributed by atoms with Crippen molar-refractivity contribution in [3.8, 4) is 5.75 Å². The summed E-state index contributed by atoms with van der Waals surface area (Å²) >= 11 is 0. The number of hydrogen-bond donors (Lipinski definition) is 2. The fourth-order valence-electron chi connectivity index (χ4n) is 4.62. The first-order chi connectivity index (χ1) is 14.9. The molecule has 2 amide bonds. The van der Waals surface area contributed by atoms with E-state index in [2.05, 4.69) is 5.32 Å². The second kappa shape index (κ2) is 9.14. The van der Waals surface area contributed by atoms with Crippen LogP contribution in [0, 0.1) is 5.82 Å². The third kappa shape index (κ3) is 4.93. The number of amides is 2. The molecule has 0 unspecified atom stereocenters. The number of nitrogens with zero attached hydrogens (tertiary/aromatic N) is 2. The minimum Gasteiger partial charge on any atom is -0.508 e. The van der Waals surface area contributed by atoms with Crippen LogP contribution >= 0.6 is 0 Å². The Hall–Kier alpha value is -2.80. The van der Waals surface area contributed by atoms with E-state index >= 15 is 0 Å². The molecule has 31 heavy (non-hydrogen) atoms. The van der Waals surface area contributed by atoms with Crippen LogP contribution in [-0.2, 0) is 11.3 Å². The van der Waals surface area contributed by atoms with E-state index in [1.54, 1.807) is 18.2 Å². The van der Waals surface area contributed by atoms with E-state index < -0.39 is 0 Å². The van der Waals surface area contributed by atoms with Crippen LogP contribution in [0.1, 0.15) is 43.9 Å². The maximum Gasteiger partial charge on any atom is 0.318 e. The Morgan fingerprint density at radius 1 is 1.16 bits per heavy atom. The van der Waals surface area contributed by atoms with Crippen molar-refractivity contribution in [1.29, 1.82) is 0 Å². The molecule has 4 rings (SSSR count). The highest BCUT2D eigenvalue weighted by atomic mass is 19.1. The summed E-state index contributed by atoms with van der Waals surface area (Å²) in [5, 5.41) is 12.4. The van der Waals surface area contributed by atoms with Gasteiger partial charge in [0.15, 0.2) is 0 Å². The van der Waals surface area contributed by atoms with E-state index in [-0.39, 0.29) is 42.4 Å². The van der Waals surface area contributed by atoms with Crippen molar-refractivity contribution in [2.75, 3.05) is 24.5 Å². The Morgan fingerprint density at radius 3 is 2.55 bits per heavy atom. The highest BCUT2D eigenvalue weighted by Crippen LogP contribution is 2.32. The third-order valence-corrected chi connectivity index (χ3v) is 6.01. The van der Waals surface area contributed by atoms with Crippen LogP contribution in [-0.4, -0.2) is 47.9 Å². The molecule has 0 spiro atoms. The van der Waals surface area contributed by atoms with Crippen LogP contribution < -0.4 is 10.2 Å². The van der Waals surface area contributed by atoms with Crippen LogP contribution in [0.5, 0.6) is 5.75 Å². The Labute approximate surface area is 182 Å². The maximum absolute atomic E-state index is 14.8. The highest BCUT2D eigenvalue weighted by Gasteiger charge is 2.30. The van der Waals surface area contributed by atoms with Gasteiger partial charge < -0.3 is 25.0 Å². The second-order valence-electron chi connectivity index (χ2n) is 8.55. The molecule has 0 radical (unpaired) electrons. The van der Waals surface area contributed by atoms with Gasteiger partial charge in [-0.3, -0.25) is 0 Å². The average Bonchev–Trinajstić information content (AvgIpc) is 3.22. The summed E-state index contributed by atoms with van der Waals surface area (Å²) in [5.74, 6) is -0.0691. The molecule has 3 atom stereocenters. The number of likely N-dealkylation sites (tertiary alicyclic amines) is 1. The predicted molar refractivity (Wildman–Crippen MR) is 118 cm³/mol. The van der Waals surface area contributed by atoms with Crippen LogP contribution in [0.3, 0.4) is 0 Å². The van der Waals surface area contributed by atoms with Crippen LogP contribution in [0.25, 0.3) is 0 Å². The number of benzene rings is 2. The van der Waals surface area contributed by atoms with Crippen LogP contribution in [0.2, 0.25) is 0 Å². The smallest absolute Gasteiger partial charge is 0.318 e. The van der Waals surface area contributed by atoms with Crippen molar-refractivity contribution < 1.29 is 19.0 Å². The number of carbonyl (C=O) groups excluding carboxylic acids is 1. The largest absolute Gasteiger partial charge is 0.508 e. The summed E-state index contributed by atoms with van der Waals surface area (Å²) in [6.07, 6.45) is 1.93. The number of hydrogen-bond acceptors (Lipinski definition) is 4. The molecule has 2 heterocycles. The lowest BCUT2D eigenvalue weighted by Gasteiger charge is -2.37. The summed E-state index contributed by atoms with van der Waals surface area (Å²) in [6.45, 7) is 6.25. The molecule has 2 fully saturated rings. The molecule has 0 aromatic heterocycles. The molecule has 7 heteroatoms. The Morgan fingerprint density at radius 2 is 1.87 bits per heavy atom. The molecule has 2 N–H and O–H groups in total. The van der Waals surface area contributed by atoms with Crippen molar-refractivity contribution in [2.45, 2.75) is 51.5 Å². The van der Waals surface area contributed by atoms with Gasteiger partial charge in [-0.2, -0.15) is 0 Å². The molecule has 0 bridgehead atoms. The number of aromatic hydroxyl groups is 1. The first kappa shape index (κ1) is 21.4. The molecule has 0 saturated carbocycles. The van der Waals surface area contributed by atoms with E-state index in [9.17, 15) is 14.3 Å². The number of phenols is 1. The zero-order valence-electron chi connectivity index (χ0n) is 18.1. The van der Waals surface area contributed by atoms with Crippen LogP contribution in [0.4, 0.5) is 14.9 Å². The number of halogens is 1. The zero-order chi connectivity index (χ0) is 22.0. The third-order valence-electron chi connectivity index (χ3n) is 6.01. The van der Waals surface area contributed by atoms with Crippen LogP contribution in [0.15, 0.2) is 42.5 Å². The first-order valence-electron chi connectivity index (χ1n) is 10.9. The van der Waals surface area contributed by atoms with Crippen molar-refractivity contribution in [1.82, 2.24) is 10.2 Å². The Balaban J connectivity index is 1.38. The standard InChI is InChI=1S/C24H30FN3O3/c1-16-14-27(15-17(2)31-16)23-10-5-18(12-21(23)25)13-26-24(30)28-11-3-4-22(28)19-6-8-20(29)9-7-19/h5-10,12,16-17,22,29H,3-4,11,13-15H2,1-2H3,(H,26,30)/t16-,17+,22-/m0/s1. The van der Waals surface area contributed by atoms with Gasteiger partial charge >= 0.3 is 6.03 Å². The van der Waals surface area contributed by atoms with E-state index in [1.165, 1.54) is 6.07 Å². The molecule has 2 aliphatic heterocycles. The van der Waals surface area contributed by atoms with Crippen molar-refractivity contribution in [3.05, 3.63) is 59.4 Å². The summed E-state index contributed by atoms with van der Waals surface area (Å²) in [6, 6.07) is 12.0. The minimum absolute atomic E-state index is 0.00925. The SMILES string of the molecule is C[C@@H]1CN(c2ccc(CNC(=O)N3CCC[C@H]3c3ccc(O)cc3)cc2F)C[C@H](C)O1. The van der Waals surface area contributed by atoms with Gasteiger partial charge in [0.05, 0.1) is 23.9 Å². The topological polar surface area (TPSA) is 65.0 Å². The second-order valence-corrected chi connectivity index (χ2v) is 8.55. The van der Waals surface area contributed by atoms with Crippen molar-refractivity contribution in [2.24, 2.45) is 0 Å². The minimum atomic E-state index is -0.281. The zero-order valence-corrected chi connectivity index (χ0v) is 18.1. The molecule has 2 aliphatic rings. The van der Waals surface area contributed by atoms with Gasteiger partial charge in [0, 0.05) is 26.2 Å². The van der Waals surface area contributed by atoms with Crippen molar-refractivity contribution in [3.63, 3.8) is 0 Å². The van der Waals surface area contributed by atoms with Gasteiger partial charge in [-0.1, -0.05) is 18.2 Å². The van der Waals surface area contributed by atoms with Gasteiger partial charge in [0.25, 0.3) is 0 Å². The summed E-state index contributed by atoms with van der Waals surface area (Å²) in [4.78, 5) is 16.6. The summed E-state index contributed by atoms with van der Waals surface area (Å²) in [5.41, 5.74) is 2.31. The lowest BCUT2D eigenvalue weighted by Crippen LogP contribution is -2.45. The molecule has 2 saturated heterocycles. The molecule has 0 aliphatic carbocycles. The van der Waals surface area contributed by atoms with E-state index in [1.807, 2.05) is 41.8 Å². The number of carbonyl (C=O) groups is 1. The van der Waals surface area contributed by atoms with Gasteiger partial charge in [-0.05, 0) is 62.1 Å². The number of morpholine rings is 1. The number of rotatable bonds is 4. The number of ether oxygens (including phenoxy) is 1. The molecule has 6 nitrogen and oxygen atoms in total. The van der Waals surface area contributed by atoms with E-state index in [0.29, 0.717) is 25.3 Å². The lowest BCUT2D eigenvalue weighted by molar-refractivity contribution is -0.00539. The molecule has 2 aromatic carbocycles. The molecule has 166 valence electrons. The van der Waals surface area contributed by atoms with Gasteiger partial charge in [-0.15, -0.1) is 0 Å². The average molecular weight is 428 g/mol.